The van der Waals surface area contributed by atoms with Crippen LogP contribution in [-0.4, -0.2) is 27.5 Å². The molecule has 0 saturated heterocycles. The number of benzene rings is 2. The monoisotopic (exact) mass is 382 g/mol. The fourth-order valence-corrected chi connectivity index (χ4v) is 2.52. The van der Waals surface area contributed by atoms with Crippen molar-refractivity contribution in [3.05, 3.63) is 91.2 Å². The molecule has 1 amide bonds. The summed E-state index contributed by atoms with van der Waals surface area (Å²) in [7, 11) is 1.44. The number of rotatable bonds is 5. The zero-order valence-corrected chi connectivity index (χ0v) is 14.5. The summed E-state index contributed by atoms with van der Waals surface area (Å²) in [5.41, 5.74) is -1.78. The summed E-state index contributed by atoms with van der Waals surface area (Å²) in [6.07, 6.45) is 0.994. The number of aromatic nitrogens is 2. The molecule has 0 aliphatic carbocycles. The van der Waals surface area contributed by atoms with E-state index in [1.54, 1.807) is 12.1 Å². The molecule has 0 saturated carbocycles. The van der Waals surface area contributed by atoms with Crippen molar-refractivity contribution in [1.29, 1.82) is 0 Å². The fourth-order valence-electron chi connectivity index (χ4n) is 2.52. The normalized spacial score (nSPS) is 10.3. The minimum Gasteiger partial charge on any atom is -0.497 e. The van der Waals surface area contributed by atoms with Crippen LogP contribution >= 0.6 is 0 Å². The van der Waals surface area contributed by atoms with Gasteiger partial charge in [-0.15, -0.1) is 0 Å². The van der Waals surface area contributed by atoms with E-state index < -0.39 is 22.1 Å². The van der Waals surface area contributed by atoms with E-state index in [1.165, 1.54) is 37.4 Å². The number of non-ortho nitro benzene ring substituents is 1. The first-order valence-electron chi connectivity index (χ1n) is 7.95. The number of carbonyl (C=O) groups is 1. The van der Waals surface area contributed by atoms with Gasteiger partial charge < -0.3 is 15.0 Å². The van der Waals surface area contributed by atoms with Gasteiger partial charge in [0.1, 0.15) is 11.3 Å². The van der Waals surface area contributed by atoms with Gasteiger partial charge in [-0.05, 0) is 18.2 Å². The second kappa shape index (κ2) is 7.58. The molecule has 2 N–H and O–H groups in total. The van der Waals surface area contributed by atoms with Crippen LogP contribution in [-0.2, 0) is 0 Å². The van der Waals surface area contributed by atoms with E-state index in [1.807, 2.05) is 0 Å². The summed E-state index contributed by atoms with van der Waals surface area (Å²) < 4.78 is 5.88. The molecule has 0 bridgehead atoms. The van der Waals surface area contributed by atoms with Gasteiger partial charge in [0, 0.05) is 30.1 Å². The first-order chi connectivity index (χ1) is 13.4. The second-order valence-corrected chi connectivity index (χ2v) is 5.61. The Kier molecular flexibility index (Phi) is 5.03. The highest BCUT2D eigenvalue weighted by molar-refractivity contribution is 6.04. The summed E-state index contributed by atoms with van der Waals surface area (Å²) in [4.78, 5) is 50.0. The zero-order valence-electron chi connectivity index (χ0n) is 14.5. The van der Waals surface area contributed by atoms with Crippen molar-refractivity contribution in [3.8, 4) is 11.4 Å². The molecule has 0 unspecified atom stereocenters. The van der Waals surface area contributed by atoms with Crippen LogP contribution in [0, 0.1) is 10.1 Å². The molecule has 1 aromatic heterocycles. The number of nitro benzene ring substituents is 1. The quantitative estimate of drug-likeness (QED) is 0.509. The largest absolute Gasteiger partial charge is 0.497 e. The number of nitro groups is 1. The van der Waals surface area contributed by atoms with Crippen LogP contribution < -0.4 is 21.3 Å². The molecule has 3 aromatic rings. The van der Waals surface area contributed by atoms with Gasteiger partial charge in [-0.25, -0.2) is 9.36 Å². The molecule has 0 spiro atoms. The number of nitrogens with zero attached hydrogens (tertiary/aromatic N) is 2. The number of ether oxygens (including phenoxy) is 1. The Morgan fingerprint density at radius 2 is 1.93 bits per heavy atom. The molecule has 0 atom stereocenters. The van der Waals surface area contributed by atoms with Crippen molar-refractivity contribution in [2.75, 3.05) is 12.4 Å². The van der Waals surface area contributed by atoms with Crippen molar-refractivity contribution >= 4 is 17.3 Å². The van der Waals surface area contributed by atoms with Gasteiger partial charge >= 0.3 is 5.69 Å². The maximum Gasteiger partial charge on any atom is 0.333 e. The predicted molar refractivity (Wildman–Crippen MR) is 100 cm³/mol. The summed E-state index contributed by atoms with van der Waals surface area (Å²) >= 11 is 0. The molecule has 142 valence electrons. The van der Waals surface area contributed by atoms with Crippen LogP contribution in [0.5, 0.6) is 5.75 Å². The molecule has 3 rings (SSSR count). The standard InChI is InChI=1S/C18H14N4O6/c1-28-14-7-3-5-12(9-14)21-17(24)15(10-19-18(21)25)16(23)20-11-4-2-6-13(8-11)22(26)27/h2-10H,1H3,(H,19,25)(H,20,23). The van der Waals surface area contributed by atoms with Crippen LogP contribution in [0.4, 0.5) is 11.4 Å². The Balaban J connectivity index is 2.00. The number of amides is 1. The van der Waals surface area contributed by atoms with Gasteiger partial charge in [0.15, 0.2) is 0 Å². The summed E-state index contributed by atoms with van der Waals surface area (Å²) in [5, 5.41) is 13.3. The molecule has 10 heteroatoms. The van der Waals surface area contributed by atoms with Crippen LogP contribution in [0.25, 0.3) is 5.69 Å². The zero-order chi connectivity index (χ0) is 20.3. The average Bonchev–Trinajstić information content (AvgIpc) is 2.68. The Bertz CT molecular complexity index is 1180. The number of carbonyl (C=O) groups excluding carboxylic acids is 1. The van der Waals surface area contributed by atoms with Crippen molar-refractivity contribution < 1.29 is 14.5 Å². The number of anilines is 1. The Morgan fingerprint density at radius 3 is 2.64 bits per heavy atom. The van der Waals surface area contributed by atoms with E-state index in [0.717, 1.165) is 16.8 Å². The minimum atomic E-state index is -0.847. The summed E-state index contributed by atoms with van der Waals surface area (Å²) in [6.45, 7) is 0. The second-order valence-electron chi connectivity index (χ2n) is 5.61. The van der Waals surface area contributed by atoms with Crippen LogP contribution in [0.3, 0.4) is 0 Å². The lowest BCUT2D eigenvalue weighted by atomic mass is 10.2. The number of nitrogens with one attached hydrogen (secondary N) is 2. The molecular formula is C18H14N4O6. The SMILES string of the molecule is COc1cccc(-n2c(=O)[nH]cc(C(=O)Nc3cccc([N+](=O)[O-])c3)c2=O)c1. The molecule has 28 heavy (non-hydrogen) atoms. The average molecular weight is 382 g/mol. The van der Waals surface area contributed by atoms with Crippen molar-refractivity contribution in [2.24, 2.45) is 0 Å². The lowest BCUT2D eigenvalue weighted by Crippen LogP contribution is -2.38. The minimum absolute atomic E-state index is 0.137. The van der Waals surface area contributed by atoms with Crippen LogP contribution in [0.1, 0.15) is 10.4 Å². The van der Waals surface area contributed by atoms with E-state index in [9.17, 15) is 24.5 Å². The summed E-state index contributed by atoms with van der Waals surface area (Å²) in [5.74, 6) is -0.395. The van der Waals surface area contributed by atoms with Crippen molar-refractivity contribution in [2.45, 2.75) is 0 Å². The molecule has 0 radical (unpaired) electrons. The first-order valence-corrected chi connectivity index (χ1v) is 7.95. The molecule has 0 aliphatic rings. The third kappa shape index (κ3) is 3.65. The highest BCUT2D eigenvalue weighted by Gasteiger charge is 2.17. The van der Waals surface area contributed by atoms with Gasteiger partial charge in [0.25, 0.3) is 17.2 Å². The Morgan fingerprint density at radius 1 is 1.18 bits per heavy atom. The van der Waals surface area contributed by atoms with E-state index >= 15 is 0 Å². The first kappa shape index (κ1) is 18.6. The van der Waals surface area contributed by atoms with E-state index in [4.69, 9.17) is 4.74 Å². The predicted octanol–water partition coefficient (Wildman–Crippen LogP) is 1.69. The molecular weight excluding hydrogens is 368 g/mol. The lowest BCUT2D eigenvalue weighted by Gasteiger charge is -2.09. The molecule has 0 aliphatic heterocycles. The number of aromatic amines is 1. The maximum absolute atomic E-state index is 12.7. The van der Waals surface area contributed by atoms with Crippen LogP contribution in [0.15, 0.2) is 64.3 Å². The van der Waals surface area contributed by atoms with E-state index in [0.29, 0.717) is 5.75 Å². The van der Waals surface area contributed by atoms with Gasteiger partial charge in [-0.2, -0.15) is 0 Å². The summed E-state index contributed by atoms with van der Waals surface area (Å²) in [6, 6.07) is 11.5. The number of H-pyrrole nitrogens is 1. The molecule has 10 nitrogen and oxygen atoms in total. The Labute approximate surface area is 157 Å². The number of hydrogen-bond acceptors (Lipinski definition) is 6. The smallest absolute Gasteiger partial charge is 0.333 e. The molecule has 1 heterocycles. The topological polar surface area (TPSA) is 136 Å². The van der Waals surface area contributed by atoms with Crippen LogP contribution in [0.2, 0.25) is 0 Å². The van der Waals surface area contributed by atoms with Gasteiger partial charge in [-0.3, -0.25) is 19.7 Å². The third-order valence-electron chi connectivity index (χ3n) is 3.85. The molecule has 2 aromatic carbocycles. The maximum atomic E-state index is 12.7. The third-order valence-corrected chi connectivity index (χ3v) is 3.85. The highest BCUT2D eigenvalue weighted by Crippen LogP contribution is 2.17. The van der Waals surface area contributed by atoms with Crippen molar-refractivity contribution in [3.63, 3.8) is 0 Å². The molecule has 0 fully saturated rings. The number of methoxy groups -OCH3 is 1. The van der Waals surface area contributed by atoms with Crippen molar-refractivity contribution in [1.82, 2.24) is 9.55 Å². The fraction of sp³-hybridized carbons (Fsp3) is 0.0556. The van der Waals surface area contributed by atoms with Gasteiger partial charge in [-0.1, -0.05) is 12.1 Å². The lowest BCUT2D eigenvalue weighted by molar-refractivity contribution is -0.384. The Hall–Kier alpha value is -4.21. The van der Waals surface area contributed by atoms with E-state index in [-0.39, 0.29) is 22.6 Å². The highest BCUT2D eigenvalue weighted by atomic mass is 16.6. The van der Waals surface area contributed by atoms with Gasteiger partial charge in [0.05, 0.1) is 17.7 Å². The van der Waals surface area contributed by atoms with Gasteiger partial charge in [0.2, 0.25) is 0 Å². The van der Waals surface area contributed by atoms with E-state index in [2.05, 4.69) is 10.3 Å². The number of hydrogen-bond donors (Lipinski definition) is 2.